The molecule has 0 saturated carbocycles. The third-order valence-corrected chi connectivity index (χ3v) is 3.54. The van der Waals surface area contributed by atoms with Gasteiger partial charge in [0.2, 0.25) is 5.91 Å². The summed E-state index contributed by atoms with van der Waals surface area (Å²) in [4.78, 5) is 23.4. The molecule has 0 heterocycles. The van der Waals surface area contributed by atoms with Crippen molar-refractivity contribution in [2.24, 2.45) is 5.92 Å². The van der Waals surface area contributed by atoms with E-state index in [0.29, 0.717) is 17.2 Å². The average Bonchev–Trinajstić information content (AvgIpc) is 2.51. The molecule has 0 aromatic heterocycles. The fourth-order valence-electron chi connectivity index (χ4n) is 2.40. The number of carboxylic acid groups (broad SMARTS) is 1. The molecule has 1 amide bonds. The third kappa shape index (κ3) is 7.00. The van der Waals surface area contributed by atoms with Crippen LogP contribution in [-0.4, -0.2) is 36.8 Å². The van der Waals surface area contributed by atoms with Crippen molar-refractivity contribution >= 4 is 11.9 Å². The second-order valence-electron chi connectivity index (χ2n) is 6.17. The number of nitrogens with one attached hydrogen (secondary N) is 1. The highest BCUT2D eigenvalue weighted by Crippen LogP contribution is 2.18. The zero-order valence-electron chi connectivity index (χ0n) is 14.7. The summed E-state index contributed by atoms with van der Waals surface area (Å²) in [6.45, 7) is 6.46. The minimum atomic E-state index is -1.11. The van der Waals surface area contributed by atoms with Crippen molar-refractivity contribution < 1.29 is 24.2 Å². The standard InChI is InChI=1S/C18H27NO5/c1-12(2)11-13(3)24-10-9-16(20)19-17(18(21)22)14-5-7-15(23-4)8-6-14/h5-8,12-13,17H,9-11H2,1-4H3,(H,19,20)(H,21,22). The van der Waals surface area contributed by atoms with E-state index in [1.54, 1.807) is 24.3 Å². The van der Waals surface area contributed by atoms with E-state index < -0.39 is 12.0 Å². The van der Waals surface area contributed by atoms with Gasteiger partial charge in [0.25, 0.3) is 0 Å². The lowest BCUT2D eigenvalue weighted by Gasteiger charge is -2.17. The van der Waals surface area contributed by atoms with E-state index in [1.165, 1.54) is 7.11 Å². The summed E-state index contributed by atoms with van der Waals surface area (Å²) in [6, 6.07) is 5.48. The largest absolute Gasteiger partial charge is 0.497 e. The Morgan fingerprint density at radius 1 is 1.17 bits per heavy atom. The minimum Gasteiger partial charge on any atom is -0.497 e. The van der Waals surface area contributed by atoms with Crippen molar-refractivity contribution in [1.82, 2.24) is 5.32 Å². The molecular weight excluding hydrogens is 310 g/mol. The molecule has 0 aliphatic carbocycles. The van der Waals surface area contributed by atoms with Gasteiger partial charge in [0, 0.05) is 0 Å². The SMILES string of the molecule is COc1ccc(C(NC(=O)CCOC(C)CC(C)C)C(=O)O)cc1. The van der Waals surface area contributed by atoms with Gasteiger partial charge in [-0.2, -0.15) is 0 Å². The molecule has 2 atom stereocenters. The highest BCUT2D eigenvalue weighted by Gasteiger charge is 2.22. The lowest BCUT2D eigenvalue weighted by molar-refractivity contribution is -0.142. The average molecular weight is 337 g/mol. The lowest BCUT2D eigenvalue weighted by atomic mass is 10.1. The van der Waals surface area contributed by atoms with Crippen molar-refractivity contribution in [2.45, 2.75) is 45.8 Å². The van der Waals surface area contributed by atoms with Gasteiger partial charge in [-0.25, -0.2) is 4.79 Å². The molecule has 24 heavy (non-hydrogen) atoms. The predicted molar refractivity (Wildman–Crippen MR) is 91.0 cm³/mol. The quantitative estimate of drug-likeness (QED) is 0.686. The van der Waals surface area contributed by atoms with Gasteiger partial charge in [-0.15, -0.1) is 0 Å². The van der Waals surface area contributed by atoms with Crippen LogP contribution in [0.25, 0.3) is 0 Å². The second-order valence-corrected chi connectivity index (χ2v) is 6.17. The van der Waals surface area contributed by atoms with Crippen molar-refractivity contribution in [2.75, 3.05) is 13.7 Å². The van der Waals surface area contributed by atoms with E-state index in [4.69, 9.17) is 9.47 Å². The maximum Gasteiger partial charge on any atom is 0.330 e. The number of methoxy groups -OCH3 is 1. The van der Waals surface area contributed by atoms with Gasteiger partial charge in [0.15, 0.2) is 6.04 Å². The Hall–Kier alpha value is -2.08. The highest BCUT2D eigenvalue weighted by atomic mass is 16.5. The number of hydrogen-bond donors (Lipinski definition) is 2. The molecule has 0 aliphatic heterocycles. The van der Waals surface area contributed by atoms with Crippen LogP contribution in [0.4, 0.5) is 0 Å². The number of aliphatic carboxylic acids is 1. The summed E-state index contributed by atoms with van der Waals surface area (Å²) in [5, 5.41) is 11.9. The van der Waals surface area contributed by atoms with E-state index in [-0.39, 0.29) is 25.0 Å². The van der Waals surface area contributed by atoms with E-state index >= 15 is 0 Å². The smallest absolute Gasteiger partial charge is 0.330 e. The van der Waals surface area contributed by atoms with Crippen LogP contribution < -0.4 is 10.1 Å². The van der Waals surface area contributed by atoms with E-state index in [9.17, 15) is 14.7 Å². The number of benzene rings is 1. The van der Waals surface area contributed by atoms with E-state index in [2.05, 4.69) is 19.2 Å². The van der Waals surface area contributed by atoms with Gasteiger partial charge in [0.1, 0.15) is 5.75 Å². The number of carbonyl (C=O) groups is 2. The van der Waals surface area contributed by atoms with Gasteiger partial charge in [-0.05, 0) is 37.0 Å². The Morgan fingerprint density at radius 3 is 2.29 bits per heavy atom. The van der Waals surface area contributed by atoms with E-state index in [1.807, 2.05) is 6.92 Å². The first-order chi connectivity index (χ1) is 11.3. The van der Waals surface area contributed by atoms with Crippen LogP contribution in [0, 0.1) is 5.92 Å². The van der Waals surface area contributed by atoms with Crippen molar-refractivity contribution in [3.63, 3.8) is 0 Å². The lowest BCUT2D eigenvalue weighted by Crippen LogP contribution is -2.34. The molecule has 2 N–H and O–H groups in total. The molecule has 134 valence electrons. The molecule has 2 unspecified atom stereocenters. The highest BCUT2D eigenvalue weighted by molar-refractivity contribution is 5.84. The zero-order valence-corrected chi connectivity index (χ0v) is 14.7. The molecule has 0 radical (unpaired) electrons. The first-order valence-electron chi connectivity index (χ1n) is 8.11. The Labute approximate surface area is 143 Å². The minimum absolute atomic E-state index is 0.0784. The maximum absolute atomic E-state index is 12.0. The number of rotatable bonds is 10. The van der Waals surface area contributed by atoms with Gasteiger partial charge < -0.3 is 19.9 Å². The van der Waals surface area contributed by atoms with Crippen LogP contribution in [-0.2, 0) is 14.3 Å². The first kappa shape index (κ1) is 20.0. The fraction of sp³-hybridized carbons (Fsp3) is 0.556. The Bertz CT molecular complexity index is 527. The number of carboxylic acids is 1. The normalized spacial score (nSPS) is 13.4. The van der Waals surface area contributed by atoms with Crippen molar-refractivity contribution in [3.05, 3.63) is 29.8 Å². The molecule has 6 heteroatoms. The van der Waals surface area contributed by atoms with Crippen LogP contribution in [0.1, 0.15) is 45.2 Å². The van der Waals surface area contributed by atoms with Crippen LogP contribution in [0.5, 0.6) is 5.75 Å². The fourth-order valence-corrected chi connectivity index (χ4v) is 2.40. The van der Waals surface area contributed by atoms with Crippen molar-refractivity contribution in [3.8, 4) is 5.75 Å². The van der Waals surface area contributed by atoms with Gasteiger partial charge in [0.05, 0.1) is 26.2 Å². The summed E-state index contributed by atoms with van der Waals surface area (Å²) in [5.74, 6) is -0.306. The summed E-state index contributed by atoms with van der Waals surface area (Å²) in [6.07, 6.45) is 1.13. The number of carbonyl (C=O) groups excluding carboxylic acids is 1. The van der Waals surface area contributed by atoms with Gasteiger partial charge >= 0.3 is 5.97 Å². The second kappa shape index (κ2) is 9.93. The number of hydrogen-bond acceptors (Lipinski definition) is 4. The molecule has 0 aliphatic rings. The van der Waals surface area contributed by atoms with Crippen molar-refractivity contribution in [1.29, 1.82) is 0 Å². The van der Waals surface area contributed by atoms with Gasteiger partial charge in [-0.1, -0.05) is 26.0 Å². The van der Waals surface area contributed by atoms with E-state index in [0.717, 1.165) is 6.42 Å². The topological polar surface area (TPSA) is 84.9 Å². The summed E-state index contributed by atoms with van der Waals surface area (Å²) in [7, 11) is 1.53. The Morgan fingerprint density at radius 2 is 1.79 bits per heavy atom. The molecule has 0 saturated heterocycles. The summed E-state index contributed by atoms with van der Waals surface area (Å²) >= 11 is 0. The van der Waals surface area contributed by atoms with Crippen LogP contribution in [0.2, 0.25) is 0 Å². The molecule has 0 fully saturated rings. The molecule has 0 spiro atoms. The molecule has 1 aromatic rings. The van der Waals surface area contributed by atoms with Crippen LogP contribution >= 0.6 is 0 Å². The van der Waals surface area contributed by atoms with Gasteiger partial charge in [-0.3, -0.25) is 4.79 Å². The Balaban J connectivity index is 2.52. The molecule has 1 rings (SSSR count). The number of ether oxygens (including phenoxy) is 2. The number of amides is 1. The summed E-state index contributed by atoms with van der Waals surface area (Å²) < 4.78 is 10.6. The zero-order chi connectivity index (χ0) is 18.1. The first-order valence-corrected chi connectivity index (χ1v) is 8.11. The van der Waals surface area contributed by atoms with Crippen LogP contribution in [0.15, 0.2) is 24.3 Å². The molecule has 6 nitrogen and oxygen atoms in total. The molecular formula is C18H27NO5. The third-order valence-electron chi connectivity index (χ3n) is 3.54. The monoisotopic (exact) mass is 337 g/mol. The summed E-state index contributed by atoms with van der Waals surface area (Å²) in [5.41, 5.74) is 0.491. The maximum atomic E-state index is 12.0. The molecule has 1 aromatic carbocycles. The Kier molecular flexibility index (Phi) is 8.26. The van der Waals surface area contributed by atoms with Crippen LogP contribution in [0.3, 0.4) is 0 Å². The predicted octanol–water partition coefficient (Wildman–Crippen LogP) is 2.78. The molecule has 0 bridgehead atoms.